The molecule has 0 saturated heterocycles. The number of carbonyl (C=O) groups excluding carboxylic acids is 1. The summed E-state index contributed by atoms with van der Waals surface area (Å²) in [5, 5.41) is 14.3. The van der Waals surface area contributed by atoms with Gasteiger partial charge in [-0.1, -0.05) is 42.8 Å². The predicted octanol–water partition coefficient (Wildman–Crippen LogP) is 5.37. The number of sulfone groups is 1. The molecule has 0 aliphatic rings. The average Bonchev–Trinajstić information content (AvgIpc) is 2.87. The largest absolute Gasteiger partial charge is 0.387 e. The fourth-order valence-corrected chi connectivity index (χ4v) is 5.28. The number of aliphatic hydroxyl groups excluding tert-OH is 1. The predicted molar refractivity (Wildman–Crippen MR) is 142 cm³/mol. The molecule has 2 atom stereocenters. The van der Waals surface area contributed by atoms with E-state index >= 15 is 0 Å². The maximum absolute atomic E-state index is 13.1. The molecule has 3 rings (SSSR count). The Balaban J connectivity index is 1.59. The minimum absolute atomic E-state index is 0.0536. The van der Waals surface area contributed by atoms with Crippen molar-refractivity contribution in [2.45, 2.75) is 62.0 Å². The Morgan fingerprint density at radius 3 is 2.41 bits per heavy atom. The number of rotatable bonds is 12. The monoisotopic (exact) mass is 545 g/mol. The van der Waals surface area contributed by atoms with E-state index in [2.05, 4.69) is 5.32 Å². The summed E-state index contributed by atoms with van der Waals surface area (Å²) in [6.07, 6.45) is 0.850. The third-order valence-corrected chi connectivity index (χ3v) is 7.81. The van der Waals surface area contributed by atoms with Gasteiger partial charge in [-0.2, -0.15) is 0 Å². The van der Waals surface area contributed by atoms with Gasteiger partial charge in [0, 0.05) is 24.0 Å². The number of carbonyl (C=O) groups is 1. The molecule has 0 aliphatic carbocycles. The van der Waals surface area contributed by atoms with Crippen molar-refractivity contribution in [2.75, 3.05) is 6.54 Å². The first kappa shape index (κ1) is 28.7. The fraction of sp³-hybridized carbons (Fsp3) is 0.321. The summed E-state index contributed by atoms with van der Waals surface area (Å²) in [6.45, 7) is 5.90. The van der Waals surface area contributed by atoms with E-state index in [9.17, 15) is 18.3 Å². The molecule has 0 fully saturated rings. The summed E-state index contributed by atoms with van der Waals surface area (Å²) >= 11 is 5.99. The number of hydrogen-bond acceptors (Lipinski definition) is 7. The molecule has 7 nitrogen and oxygen atoms in total. The molecular weight excluding hydrogens is 514 g/mol. The first-order valence-corrected chi connectivity index (χ1v) is 13.9. The van der Waals surface area contributed by atoms with E-state index in [0.29, 0.717) is 30.0 Å². The van der Waals surface area contributed by atoms with Gasteiger partial charge in [0.2, 0.25) is 9.84 Å². The van der Waals surface area contributed by atoms with E-state index in [0.717, 1.165) is 11.1 Å². The molecule has 3 aromatic carbocycles. The third-order valence-electron chi connectivity index (χ3n) is 5.80. The van der Waals surface area contributed by atoms with Crippen molar-refractivity contribution in [3.8, 4) is 5.75 Å². The van der Waals surface area contributed by atoms with Crippen LogP contribution in [0.15, 0.2) is 76.5 Å². The molecule has 0 bridgehead atoms. The van der Waals surface area contributed by atoms with Crippen LogP contribution in [0.2, 0.25) is 5.02 Å². The number of aryl methyl sites for hydroxylation is 1. The molecule has 0 radical (unpaired) electrons. The van der Waals surface area contributed by atoms with Gasteiger partial charge in [-0.25, -0.2) is 13.2 Å². The van der Waals surface area contributed by atoms with Crippen LogP contribution in [0.25, 0.3) is 0 Å². The van der Waals surface area contributed by atoms with Crippen LogP contribution in [-0.2, 0) is 25.9 Å². The highest BCUT2D eigenvalue weighted by molar-refractivity contribution is 7.91. The van der Waals surface area contributed by atoms with Gasteiger partial charge in [0.15, 0.2) is 5.75 Å². The minimum atomic E-state index is -3.74. The second-order valence-electron chi connectivity index (χ2n) is 8.95. The van der Waals surface area contributed by atoms with Gasteiger partial charge >= 0.3 is 5.97 Å². The van der Waals surface area contributed by atoms with Gasteiger partial charge in [-0.3, -0.25) is 9.78 Å². The first-order valence-electron chi connectivity index (χ1n) is 12.1. The van der Waals surface area contributed by atoms with Crippen LogP contribution in [0.3, 0.4) is 0 Å². The first-order chi connectivity index (χ1) is 17.6. The van der Waals surface area contributed by atoms with Gasteiger partial charge in [-0.15, -0.1) is 0 Å². The molecule has 0 spiro atoms. The van der Waals surface area contributed by atoms with Gasteiger partial charge in [0.1, 0.15) is 0 Å². The van der Waals surface area contributed by atoms with Crippen LogP contribution in [-0.4, -0.2) is 32.1 Å². The Labute approximate surface area is 223 Å². The van der Waals surface area contributed by atoms with E-state index in [1.54, 1.807) is 49.4 Å². The van der Waals surface area contributed by atoms with Crippen LogP contribution >= 0.6 is 11.6 Å². The second kappa shape index (κ2) is 13.1. The van der Waals surface area contributed by atoms with Crippen molar-refractivity contribution in [3.05, 3.63) is 88.4 Å². The lowest BCUT2D eigenvalue weighted by Gasteiger charge is -2.18. The molecule has 0 saturated carbocycles. The Morgan fingerprint density at radius 1 is 1.05 bits per heavy atom. The number of aliphatic hydroxyl groups is 1. The molecule has 0 aromatic heterocycles. The molecule has 37 heavy (non-hydrogen) atoms. The van der Waals surface area contributed by atoms with Crippen LogP contribution < -0.4 is 10.2 Å². The van der Waals surface area contributed by atoms with E-state index in [1.807, 2.05) is 19.9 Å². The molecule has 0 unspecified atom stereocenters. The minimum Gasteiger partial charge on any atom is -0.387 e. The van der Waals surface area contributed by atoms with Crippen molar-refractivity contribution in [1.82, 2.24) is 5.32 Å². The summed E-state index contributed by atoms with van der Waals surface area (Å²) in [7, 11) is -3.74. The van der Waals surface area contributed by atoms with Crippen LogP contribution in [0.4, 0.5) is 0 Å². The second-order valence-corrected chi connectivity index (χ2v) is 11.3. The molecule has 9 heteroatoms. The molecule has 198 valence electrons. The Kier molecular flexibility index (Phi) is 10.1. The van der Waals surface area contributed by atoms with Crippen molar-refractivity contribution >= 4 is 27.4 Å². The maximum atomic E-state index is 13.1. The number of hydrogen-bond donors (Lipinski definition) is 2. The molecule has 0 amide bonds. The normalized spacial score (nSPS) is 13.1. The van der Waals surface area contributed by atoms with Gasteiger partial charge < -0.3 is 10.4 Å². The fourth-order valence-electron chi connectivity index (χ4n) is 3.73. The van der Waals surface area contributed by atoms with Crippen LogP contribution in [0.1, 0.15) is 49.5 Å². The summed E-state index contributed by atoms with van der Waals surface area (Å²) in [4.78, 5) is 21.6. The van der Waals surface area contributed by atoms with E-state index < -0.39 is 21.9 Å². The van der Waals surface area contributed by atoms with E-state index in [4.69, 9.17) is 21.4 Å². The SMILES string of the molecule is CCCC(=O)OOc1ccc(S(=O)(=O)c2ccc(C[C@@H](C)NC[C@H](O)c3cccc(Cl)c3)cc2)cc1C. The lowest BCUT2D eigenvalue weighted by Crippen LogP contribution is -2.32. The Bertz CT molecular complexity index is 1310. The molecule has 0 aliphatic heterocycles. The van der Waals surface area contributed by atoms with Gasteiger partial charge in [0.25, 0.3) is 0 Å². The molecular formula is C28H32ClNO6S. The summed E-state index contributed by atoms with van der Waals surface area (Å²) in [5.74, 6) is -0.207. The summed E-state index contributed by atoms with van der Waals surface area (Å²) in [6, 6.07) is 18.3. The van der Waals surface area contributed by atoms with Crippen molar-refractivity contribution in [2.24, 2.45) is 0 Å². The summed E-state index contributed by atoms with van der Waals surface area (Å²) in [5.41, 5.74) is 2.24. The highest BCUT2D eigenvalue weighted by Crippen LogP contribution is 2.27. The molecule has 3 aromatic rings. The maximum Gasteiger partial charge on any atom is 0.355 e. The number of nitrogens with one attached hydrogen (secondary N) is 1. The van der Waals surface area contributed by atoms with E-state index in [1.165, 1.54) is 18.2 Å². The van der Waals surface area contributed by atoms with E-state index in [-0.39, 0.29) is 28.0 Å². The Morgan fingerprint density at radius 2 is 1.76 bits per heavy atom. The lowest BCUT2D eigenvalue weighted by molar-refractivity contribution is -0.214. The zero-order chi connectivity index (χ0) is 27.0. The standard InChI is InChI=1S/C28H32ClNO6S/c1-4-6-28(32)36-35-27-14-13-25(15-19(27)2)37(33,34)24-11-9-21(10-12-24)16-20(3)30-18-26(31)22-7-5-8-23(29)17-22/h5,7-15,17,20,26,30-31H,4,6,16,18H2,1-3H3/t20-,26+/m1/s1. The highest BCUT2D eigenvalue weighted by atomic mass is 35.5. The van der Waals surface area contributed by atoms with Gasteiger partial charge in [-0.05, 0) is 85.8 Å². The smallest absolute Gasteiger partial charge is 0.355 e. The van der Waals surface area contributed by atoms with Crippen LogP contribution in [0, 0.1) is 6.92 Å². The average molecular weight is 546 g/mol. The zero-order valence-electron chi connectivity index (χ0n) is 21.1. The molecule has 2 N–H and O–H groups in total. The zero-order valence-corrected chi connectivity index (χ0v) is 22.7. The number of benzene rings is 3. The highest BCUT2D eigenvalue weighted by Gasteiger charge is 2.20. The van der Waals surface area contributed by atoms with Crippen molar-refractivity contribution < 1.29 is 28.1 Å². The topological polar surface area (TPSA) is 102 Å². The number of halogens is 1. The van der Waals surface area contributed by atoms with Crippen molar-refractivity contribution in [3.63, 3.8) is 0 Å². The quantitative estimate of drug-likeness (QED) is 0.233. The van der Waals surface area contributed by atoms with Gasteiger partial charge in [0.05, 0.1) is 15.9 Å². The lowest BCUT2D eigenvalue weighted by atomic mass is 10.1. The summed E-state index contributed by atoms with van der Waals surface area (Å²) < 4.78 is 26.3. The molecule has 0 heterocycles. The van der Waals surface area contributed by atoms with Crippen molar-refractivity contribution in [1.29, 1.82) is 0 Å². The van der Waals surface area contributed by atoms with Crippen LogP contribution in [0.5, 0.6) is 5.75 Å². The third kappa shape index (κ3) is 8.04. The Hall–Kier alpha value is -2.91.